The normalized spacial score (nSPS) is 15.3. The van der Waals surface area contributed by atoms with Crippen molar-refractivity contribution in [1.29, 1.82) is 0 Å². The molecule has 0 amide bonds. The summed E-state index contributed by atoms with van der Waals surface area (Å²) in [5, 5.41) is 3.51. The molecule has 0 spiro atoms. The molecule has 3 heterocycles. The summed E-state index contributed by atoms with van der Waals surface area (Å²) in [5.74, 6) is 1.61. The predicted octanol–water partition coefficient (Wildman–Crippen LogP) is 6.27. The van der Waals surface area contributed by atoms with Crippen molar-refractivity contribution in [2.24, 2.45) is 0 Å². The summed E-state index contributed by atoms with van der Waals surface area (Å²) < 4.78 is 40.8. The van der Waals surface area contributed by atoms with E-state index in [4.69, 9.17) is 9.97 Å². The molecule has 0 saturated heterocycles. The van der Waals surface area contributed by atoms with Gasteiger partial charge in [0, 0.05) is 42.9 Å². The first-order valence-electron chi connectivity index (χ1n) is 11.9. The van der Waals surface area contributed by atoms with Crippen LogP contribution in [0.1, 0.15) is 60.0 Å². The number of pyridine rings is 1. The summed E-state index contributed by atoms with van der Waals surface area (Å²) in [6, 6.07) is 8.88. The highest BCUT2D eigenvalue weighted by atomic mass is 35.5. The third-order valence-electron chi connectivity index (χ3n) is 6.63. The van der Waals surface area contributed by atoms with Gasteiger partial charge in [-0.2, -0.15) is 13.2 Å². The zero-order chi connectivity index (χ0) is 23.9. The molecule has 2 aromatic heterocycles. The van der Waals surface area contributed by atoms with Gasteiger partial charge in [0.15, 0.2) is 0 Å². The SMILES string of the molecule is CC(C)c1nc2c(c(Nc3ccc4c(c3)CCC4)n1)CCN(c1ncccc1C(F)(F)F)CC2.Cl. The summed E-state index contributed by atoms with van der Waals surface area (Å²) in [7, 11) is 0. The third-order valence-corrected chi connectivity index (χ3v) is 6.63. The molecule has 5 rings (SSSR count). The van der Waals surface area contributed by atoms with Gasteiger partial charge >= 0.3 is 6.18 Å². The molecule has 0 unspecified atom stereocenters. The Labute approximate surface area is 209 Å². The van der Waals surface area contributed by atoms with E-state index in [2.05, 4.69) is 28.5 Å². The number of hydrogen-bond acceptors (Lipinski definition) is 5. The second kappa shape index (κ2) is 10.0. The summed E-state index contributed by atoms with van der Waals surface area (Å²) in [6.07, 6.45) is 1.43. The predicted molar refractivity (Wildman–Crippen MR) is 134 cm³/mol. The van der Waals surface area contributed by atoms with Gasteiger partial charge in [-0.3, -0.25) is 0 Å². The van der Waals surface area contributed by atoms with Crippen LogP contribution in [0.25, 0.3) is 0 Å². The summed E-state index contributed by atoms with van der Waals surface area (Å²) >= 11 is 0. The van der Waals surface area contributed by atoms with Gasteiger partial charge < -0.3 is 10.2 Å². The highest BCUT2D eigenvalue weighted by molar-refractivity contribution is 5.85. The molecule has 35 heavy (non-hydrogen) atoms. The Hall–Kier alpha value is -2.87. The van der Waals surface area contributed by atoms with Gasteiger partial charge in [-0.15, -0.1) is 12.4 Å². The largest absolute Gasteiger partial charge is 0.419 e. The number of hydrogen-bond donors (Lipinski definition) is 1. The van der Waals surface area contributed by atoms with Gasteiger partial charge in [-0.1, -0.05) is 19.9 Å². The van der Waals surface area contributed by atoms with Crippen molar-refractivity contribution in [2.45, 2.75) is 58.0 Å². The number of alkyl halides is 3. The first kappa shape index (κ1) is 25.2. The summed E-state index contributed by atoms with van der Waals surface area (Å²) in [6.45, 7) is 4.93. The molecule has 0 fully saturated rings. The van der Waals surface area contributed by atoms with Gasteiger partial charge in [-0.25, -0.2) is 15.0 Å². The van der Waals surface area contributed by atoms with Crippen LogP contribution in [-0.2, 0) is 31.9 Å². The van der Waals surface area contributed by atoms with E-state index in [1.807, 2.05) is 13.8 Å². The van der Waals surface area contributed by atoms with Crippen LogP contribution in [0.15, 0.2) is 36.5 Å². The zero-order valence-electron chi connectivity index (χ0n) is 19.8. The molecule has 9 heteroatoms. The highest BCUT2D eigenvalue weighted by Gasteiger charge is 2.36. The van der Waals surface area contributed by atoms with E-state index in [9.17, 15) is 13.2 Å². The van der Waals surface area contributed by atoms with E-state index in [0.717, 1.165) is 47.5 Å². The minimum absolute atomic E-state index is 0. The number of aryl methyl sites for hydroxylation is 2. The lowest BCUT2D eigenvalue weighted by molar-refractivity contribution is -0.137. The first-order valence-corrected chi connectivity index (χ1v) is 11.9. The fourth-order valence-electron chi connectivity index (χ4n) is 4.85. The van der Waals surface area contributed by atoms with Crippen LogP contribution in [0.3, 0.4) is 0 Å². The topological polar surface area (TPSA) is 53.9 Å². The molecule has 1 N–H and O–H groups in total. The second-order valence-corrected chi connectivity index (χ2v) is 9.33. The Bertz CT molecular complexity index is 1210. The molecule has 0 atom stereocenters. The van der Waals surface area contributed by atoms with Crippen molar-refractivity contribution in [3.05, 3.63) is 70.3 Å². The van der Waals surface area contributed by atoms with E-state index >= 15 is 0 Å². The Kier molecular flexibility index (Phi) is 7.22. The van der Waals surface area contributed by atoms with Crippen LogP contribution >= 0.6 is 12.4 Å². The molecule has 5 nitrogen and oxygen atoms in total. The van der Waals surface area contributed by atoms with E-state index in [1.165, 1.54) is 29.8 Å². The fraction of sp³-hybridized carbons (Fsp3) is 0.423. The Morgan fingerprint density at radius 3 is 2.51 bits per heavy atom. The summed E-state index contributed by atoms with van der Waals surface area (Å²) in [4.78, 5) is 15.5. The molecule has 0 bridgehead atoms. The van der Waals surface area contributed by atoms with Crippen molar-refractivity contribution >= 4 is 29.7 Å². The van der Waals surface area contributed by atoms with Crippen molar-refractivity contribution in [2.75, 3.05) is 23.3 Å². The van der Waals surface area contributed by atoms with Crippen LogP contribution in [0.4, 0.5) is 30.5 Å². The van der Waals surface area contributed by atoms with Crippen molar-refractivity contribution in [1.82, 2.24) is 15.0 Å². The van der Waals surface area contributed by atoms with Gasteiger partial charge in [0.05, 0.1) is 11.3 Å². The standard InChI is InChI=1S/C26H28F3N5.ClH/c1-16(2)23-32-22-11-14-34(25-21(26(27,28)29)7-4-12-30-25)13-10-20(22)24(33-23)31-19-9-8-17-5-3-6-18(17)15-19;/h4,7-9,12,15-16H,3,5-6,10-11,13-14H2,1-2H3,(H,31,32,33);1H. The minimum Gasteiger partial charge on any atom is -0.355 e. The van der Waals surface area contributed by atoms with Gasteiger partial charge in [0.25, 0.3) is 0 Å². The minimum atomic E-state index is -4.45. The van der Waals surface area contributed by atoms with Gasteiger partial charge in [0.1, 0.15) is 17.5 Å². The quantitative estimate of drug-likeness (QED) is 0.454. The molecule has 0 radical (unpaired) electrons. The Balaban J connectivity index is 0.00000289. The fourth-order valence-corrected chi connectivity index (χ4v) is 4.85. The monoisotopic (exact) mass is 503 g/mol. The van der Waals surface area contributed by atoms with Crippen molar-refractivity contribution < 1.29 is 13.2 Å². The molecule has 0 saturated carbocycles. The molecule has 3 aromatic rings. The number of fused-ring (bicyclic) bond motifs is 2. The summed E-state index contributed by atoms with van der Waals surface area (Å²) in [5.41, 5.74) is 4.93. The third kappa shape index (κ3) is 5.22. The van der Waals surface area contributed by atoms with Gasteiger partial charge in [0.2, 0.25) is 0 Å². The van der Waals surface area contributed by atoms with Crippen LogP contribution < -0.4 is 10.2 Å². The van der Waals surface area contributed by atoms with E-state index in [0.29, 0.717) is 25.9 Å². The maximum Gasteiger partial charge on any atom is 0.419 e. The molecular formula is C26H29ClF3N5. The zero-order valence-corrected chi connectivity index (χ0v) is 20.6. The average molecular weight is 504 g/mol. The second-order valence-electron chi connectivity index (χ2n) is 9.33. The Morgan fingerprint density at radius 1 is 0.971 bits per heavy atom. The number of anilines is 3. The smallest absolute Gasteiger partial charge is 0.355 e. The lowest BCUT2D eigenvalue weighted by Gasteiger charge is -2.24. The number of nitrogens with zero attached hydrogens (tertiary/aromatic N) is 4. The average Bonchev–Trinajstić information content (AvgIpc) is 3.16. The van der Waals surface area contributed by atoms with Crippen LogP contribution in [0.5, 0.6) is 0 Å². The lowest BCUT2D eigenvalue weighted by atomic mass is 10.1. The molecule has 1 aromatic carbocycles. The number of benzene rings is 1. The van der Waals surface area contributed by atoms with Crippen LogP contribution in [0.2, 0.25) is 0 Å². The Morgan fingerprint density at radius 2 is 1.74 bits per heavy atom. The van der Waals surface area contributed by atoms with Crippen LogP contribution in [0, 0.1) is 0 Å². The van der Waals surface area contributed by atoms with E-state index < -0.39 is 11.7 Å². The number of aromatic nitrogens is 3. The van der Waals surface area contributed by atoms with Crippen molar-refractivity contribution in [3.8, 4) is 0 Å². The molecule has 2 aliphatic rings. The molecular weight excluding hydrogens is 475 g/mol. The number of rotatable bonds is 4. The maximum atomic E-state index is 13.6. The van der Waals surface area contributed by atoms with Gasteiger partial charge in [-0.05, 0) is 61.1 Å². The lowest BCUT2D eigenvalue weighted by Crippen LogP contribution is -2.29. The molecule has 1 aliphatic carbocycles. The number of nitrogens with one attached hydrogen (secondary N) is 1. The molecule has 186 valence electrons. The first-order chi connectivity index (χ1) is 16.3. The van der Waals surface area contributed by atoms with E-state index in [-0.39, 0.29) is 24.1 Å². The molecule has 1 aliphatic heterocycles. The highest BCUT2D eigenvalue weighted by Crippen LogP contribution is 2.36. The van der Waals surface area contributed by atoms with E-state index in [1.54, 1.807) is 4.90 Å². The van der Waals surface area contributed by atoms with Crippen LogP contribution in [-0.4, -0.2) is 28.0 Å². The van der Waals surface area contributed by atoms with Crippen molar-refractivity contribution in [3.63, 3.8) is 0 Å². The maximum absolute atomic E-state index is 13.6. The number of halogens is 4.